The quantitative estimate of drug-likeness (QED) is 0.761. The predicted octanol–water partition coefficient (Wildman–Crippen LogP) is 0.963. The molecular weight excluding hydrogens is 276 g/mol. The second-order valence-corrected chi connectivity index (χ2v) is 6.57. The normalized spacial score (nSPS) is 13.3. The molecule has 0 spiro atoms. The van der Waals surface area contributed by atoms with Crippen molar-refractivity contribution in [3.63, 3.8) is 0 Å². The zero-order chi connectivity index (χ0) is 13.8. The first kappa shape index (κ1) is 15.0. The van der Waals surface area contributed by atoms with Crippen LogP contribution < -0.4 is 10.0 Å². The number of nitrogens with zero attached hydrogens (tertiary/aromatic N) is 2. The summed E-state index contributed by atoms with van der Waals surface area (Å²) >= 11 is 0.831. The number of aromatic nitrogens is 2. The molecule has 0 saturated carbocycles. The molecule has 0 unspecified atom stereocenters. The molecule has 0 aliphatic carbocycles. The van der Waals surface area contributed by atoms with Gasteiger partial charge in [0.25, 0.3) is 10.0 Å². The maximum Gasteiger partial charge on any atom is 0.270 e. The molecule has 0 bridgehead atoms. The number of hydrogen-bond donors (Lipinski definition) is 2. The summed E-state index contributed by atoms with van der Waals surface area (Å²) in [5, 5.41) is 9.84. The van der Waals surface area contributed by atoms with Crippen LogP contribution in [0.3, 0.4) is 0 Å². The smallest absolute Gasteiger partial charge is 0.270 e. The highest BCUT2D eigenvalue weighted by Gasteiger charge is 2.22. The Labute approximate surface area is 110 Å². The Morgan fingerprint density at radius 1 is 1.39 bits per heavy atom. The highest BCUT2D eigenvalue weighted by molar-refractivity contribution is 7.91. The first-order chi connectivity index (χ1) is 8.39. The SMILES string of the molecule is CCC(=O)Nc1nnc(S(=O)(=O)N[C@@H](C)CC)s1. The van der Waals surface area contributed by atoms with E-state index in [-0.39, 0.29) is 21.4 Å². The maximum absolute atomic E-state index is 11.9. The van der Waals surface area contributed by atoms with Crippen molar-refractivity contribution in [3.05, 3.63) is 0 Å². The summed E-state index contributed by atoms with van der Waals surface area (Å²) in [6, 6.07) is -0.174. The van der Waals surface area contributed by atoms with Crippen LogP contribution in [0.25, 0.3) is 0 Å². The van der Waals surface area contributed by atoms with Crippen molar-refractivity contribution in [3.8, 4) is 0 Å². The summed E-state index contributed by atoms with van der Waals surface area (Å²) in [6.07, 6.45) is 0.976. The van der Waals surface area contributed by atoms with Crippen molar-refractivity contribution in [2.75, 3.05) is 5.32 Å². The highest BCUT2D eigenvalue weighted by Crippen LogP contribution is 2.20. The highest BCUT2D eigenvalue weighted by atomic mass is 32.2. The van der Waals surface area contributed by atoms with Crippen LogP contribution in [0.2, 0.25) is 0 Å². The van der Waals surface area contributed by atoms with Gasteiger partial charge in [-0.25, -0.2) is 13.1 Å². The van der Waals surface area contributed by atoms with Crippen LogP contribution in [-0.4, -0.2) is 30.6 Å². The monoisotopic (exact) mass is 292 g/mol. The zero-order valence-corrected chi connectivity index (χ0v) is 12.1. The van der Waals surface area contributed by atoms with E-state index in [1.807, 2.05) is 6.92 Å². The Hall–Kier alpha value is -1.06. The summed E-state index contributed by atoms with van der Waals surface area (Å²) in [7, 11) is -3.65. The van der Waals surface area contributed by atoms with E-state index in [2.05, 4.69) is 20.2 Å². The average Bonchev–Trinajstić information content (AvgIpc) is 2.77. The Kier molecular flexibility index (Phi) is 5.17. The molecule has 0 fully saturated rings. The second kappa shape index (κ2) is 6.21. The van der Waals surface area contributed by atoms with Gasteiger partial charge in [-0.2, -0.15) is 0 Å². The minimum Gasteiger partial charge on any atom is -0.301 e. The van der Waals surface area contributed by atoms with Gasteiger partial charge in [-0.15, -0.1) is 10.2 Å². The Balaban J connectivity index is 2.81. The van der Waals surface area contributed by atoms with E-state index in [0.29, 0.717) is 12.8 Å². The lowest BCUT2D eigenvalue weighted by atomic mass is 10.3. The lowest BCUT2D eigenvalue weighted by Crippen LogP contribution is -2.31. The molecule has 18 heavy (non-hydrogen) atoms. The second-order valence-electron chi connectivity index (χ2n) is 3.71. The number of sulfonamides is 1. The van der Waals surface area contributed by atoms with E-state index >= 15 is 0 Å². The summed E-state index contributed by atoms with van der Waals surface area (Å²) < 4.78 is 26.0. The fourth-order valence-corrected chi connectivity index (χ4v) is 3.23. The minimum atomic E-state index is -3.65. The van der Waals surface area contributed by atoms with Crippen molar-refractivity contribution in [1.82, 2.24) is 14.9 Å². The average molecular weight is 292 g/mol. The van der Waals surface area contributed by atoms with Crippen molar-refractivity contribution >= 4 is 32.4 Å². The van der Waals surface area contributed by atoms with Crippen molar-refractivity contribution in [2.24, 2.45) is 0 Å². The number of amides is 1. The van der Waals surface area contributed by atoms with Gasteiger partial charge in [0.15, 0.2) is 0 Å². The maximum atomic E-state index is 11.9. The first-order valence-corrected chi connectivity index (χ1v) is 7.84. The Morgan fingerprint density at radius 3 is 2.61 bits per heavy atom. The molecule has 1 heterocycles. The lowest BCUT2D eigenvalue weighted by Gasteiger charge is -2.08. The predicted molar refractivity (Wildman–Crippen MR) is 68.9 cm³/mol. The largest absolute Gasteiger partial charge is 0.301 e. The molecule has 9 heteroatoms. The minimum absolute atomic E-state index is 0.144. The molecule has 2 N–H and O–H groups in total. The molecule has 1 atom stereocenters. The molecule has 0 aliphatic heterocycles. The molecule has 0 radical (unpaired) electrons. The third-order valence-electron chi connectivity index (χ3n) is 2.17. The van der Waals surface area contributed by atoms with E-state index in [9.17, 15) is 13.2 Å². The summed E-state index contributed by atoms with van der Waals surface area (Å²) in [6.45, 7) is 5.33. The lowest BCUT2D eigenvalue weighted by molar-refractivity contribution is -0.115. The third-order valence-corrected chi connectivity index (χ3v) is 4.97. The van der Waals surface area contributed by atoms with Crippen LogP contribution in [0.1, 0.15) is 33.6 Å². The number of carbonyl (C=O) groups excluding carboxylic acids is 1. The van der Waals surface area contributed by atoms with Gasteiger partial charge in [0.2, 0.25) is 15.4 Å². The summed E-state index contributed by atoms with van der Waals surface area (Å²) in [4.78, 5) is 11.1. The summed E-state index contributed by atoms with van der Waals surface area (Å²) in [5.74, 6) is -0.231. The molecule has 0 saturated heterocycles. The van der Waals surface area contributed by atoms with Gasteiger partial charge < -0.3 is 5.32 Å². The van der Waals surface area contributed by atoms with Crippen LogP contribution in [0.5, 0.6) is 0 Å². The van der Waals surface area contributed by atoms with Gasteiger partial charge in [-0.05, 0) is 13.3 Å². The number of carbonyl (C=O) groups is 1. The van der Waals surface area contributed by atoms with E-state index < -0.39 is 10.0 Å². The van der Waals surface area contributed by atoms with Gasteiger partial charge in [0.05, 0.1) is 0 Å². The van der Waals surface area contributed by atoms with Gasteiger partial charge in [-0.1, -0.05) is 25.2 Å². The van der Waals surface area contributed by atoms with Gasteiger partial charge >= 0.3 is 0 Å². The molecule has 1 aromatic rings. The molecular formula is C9H16N4O3S2. The molecule has 7 nitrogen and oxygen atoms in total. The van der Waals surface area contributed by atoms with Gasteiger partial charge in [-0.3, -0.25) is 4.79 Å². The Morgan fingerprint density at radius 2 is 2.06 bits per heavy atom. The van der Waals surface area contributed by atoms with E-state index in [1.54, 1.807) is 13.8 Å². The molecule has 0 aromatic carbocycles. The molecule has 1 rings (SSSR count). The van der Waals surface area contributed by atoms with E-state index in [1.165, 1.54) is 0 Å². The van der Waals surface area contributed by atoms with Crippen molar-refractivity contribution in [2.45, 2.75) is 44.0 Å². The van der Waals surface area contributed by atoms with Crippen molar-refractivity contribution in [1.29, 1.82) is 0 Å². The van der Waals surface area contributed by atoms with Crippen LogP contribution in [-0.2, 0) is 14.8 Å². The van der Waals surface area contributed by atoms with Crippen LogP contribution in [0.4, 0.5) is 5.13 Å². The summed E-state index contributed by atoms with van der Waals surface area (Å²) in [5.41, 5.74) is 0. The van der Waals surface area contributed by atoms with Crippen LogP contribution in [0.15, 0.2) is 4.34 Å². The number of anilines is 1. The number of hydrogen-bond acceptors (Lipinski definition) is 6. The number of nitrogens with one attached hydrogen (secondary N) is 2. The topological polar surface area (TPSA) is 101 Å². The zero-order valence-electron chi connectivity index (χ0n) is 10.4. The van der Waals surface area contributed by atoms with Crippen molar-refractivity contribution < 1.29 is 13.2 Å². The van der Waals surface area contributed by atoms with E-state index in [0.717, 1.165) is 11.3 Å². The molecule has 102 valence electrons. The van der Waals surface area contributed by atoms with E-state index in [4.69, 9.17) is 0 Å². The third kappa shape index (κ3) is 4.00. The molecule has 1 amide bonds. The van der Waals surface area contributed by atoms with Gasteiger partial charge in [0.1, 0.15) is 0 Å². The molecule has 0 aliphatic rings. The molecule has 1 aromatic heterocycles. The fraction of sp³-hybridized carbons (Fsp3) is 0.667. The van der Waals surface area contributed by atoms with Gasteiger partial charge in [0, 0.05) is 12.5 Å². The fourth-order valence-electron chi connectivity index (χ4n) is 0.975. The number of rotatable bonds is 6. The van der Waals surface area contributed by atoms with Crippen LogP contribution >= 0.6 is 11.3 Å². The Bertz CT molecular complexity index is 512. The van der Waals surface area contributed by atoms with Crippen LogP contribution in [0, 0.1) is 0 Å². The first-order valence-electron chi connectivity index (χ1n) is 5.54. The standard InChI is InChI=1S/C9H16N4O3S2/c1-4-6(3)13-18(15,16)9-12-11-8(17-9)10-7(14)5-2/h6,13H,4-5H2,1-3H3,(H,10,11,14)/t6-/m0/s1.